The number of carbonyl (C=O) groups is 1. The summed E-state index contributed by atoms with van der Waals surface area (Å²) in [7, 11) is 3.43. The molecule has 2 N–H and O–H groups in total. The molecule has 15 heavy (non-hydrogen) atoms. The molecule has 84 valence electrons. The first-order valence-corrected chi connectivity index (χ1v) is 4.98. The third kappa shape index (κ3) is 3.71. The minimum atomic E-state index is -0.251. The lowest BCUT2D eigenvalue weighted by molar-refractivity contribution is -0.141. The first-order chi connectivity index (χ1) is 7.27. The Bertz CT molecular complexity index is 284. The average Bonchev–Trinajstić information content (AvgIpc) is 2.27. The molecule has 1 heterocycles. The molecular weight excluding hydrogens is 194 g/mol. The Labute approximate surface area is 89.6 Å². The number of nitrogens with zero attached hydrogens (tertiary/aromatic N) is 1. The Kier molecular flexibility index (Phi) is 4.83. The summed E-state index contributed by atoms with van der Waals surface area (Å²) < 4.78 is 5.06. The normalized spacial score (nSPS) is 18.3. The number of carbonyl (C=O) groups excluding carboxylic acids is 1. The summed E-state index contributed by atoms with van der Waals surface area (Å²) in [6, 6.07) is 0. The van der Waals surface area contributed by atoms with Crippen LogP contribution in [-0.2, 0) is 9.53 Å². The standard InChI is InChI=1S/C10H17N3O2/c1-11-6-9(14)15-7-8-4-3-5-13-10(8)12-2/h4,11H,3,5-7H2,1-2H3,(H,12,13). The third-order valence-corrected chi connectivity index (χ3v) is 2.07. The molecule has 0 spiro atoms. The Morgan fingerprint density at radius 1 is 1.73 bits per heavy atom. The maximum Gasteiger partial charge on any atom is 0.320 e. The van der Waals surface area contributed by atoms with Crippen LogP contribution in [-0.4, -0.2) is 45.6 Å². The number of esters is 1. The second-order valence-corrected chi connectivity index (χ2v) is 3.21. The molecule has 5 heteroatoms. The number of hydrogen-bond acceptors (Lipinski definition) is 4. The molecule has 0 bridgehead atoms. The van der Waals surface area contributed by atoms with Gasteiger partial charge in [0, 0.05) is 19.2 Å². The van der Waals surface area contributed by atoms with E-state index < -0.39 is 0 Å². The molecule has 0 aromatic rings. The van der Waals surface area contributed by atoms with Crippen LogP contribution in [0.5, 0.6) is 0 Å². The predicted molar refractivity (Wildman–Crippen MR) is 58.9 cm³/mol. The zero-order chi connectivity index (χ0) is 11.1. The molecule has 0 aromatic carbocycles. The molecule has 0 saturated carbocycles. The summed E-state index contributed by atoms with van der Waals surface area (Å²) in [6.45, 7) is 1.42. The van der Waals surface area contributed by atoms with Crippen molar-refractivity contribution >= 4 is 11.8 Å². The van der Waals surface area contributed by atoms with E-state index in [9.17, 15) is 4.79 Å². The maximum absolute atomic E-state index is 11.1. The molecule has 1 aliphatic heterocycles. The number of hydrogen-bond donors (Lipinski definition) is 2. The SMILES string of the molecule is CN=C1NCCC=C1COC(=O)CNC. The largest absolute Gasteiger partial charge is 0.460 e. The maximum atomic E-state index is 11.1. The Morgan fingerprint density at radius 3 is 3.20 bits per heavy atom. The lowest BCUT2D eigenvalue weighted by Crippen LogP contribution is -2.32. The van der Waals surface area contributed by atoms with Gasteiger partial charge in [0.25, 0.3) is 0 Å². The molecule has 1 rings (SSSR count). The van der Waals surface area contributed by atoms with Crippen molar-refractivity contribution in [2.75, 3.05) is 33.8 Å². The van der Waals surface area contributed by atoms with Crippen molar-refractivity contribution in [3.8, 4) is 0 Å². The van der Waals surface area contributed by atoms with Gasteiger partial charge in [-0.2, -0.15) is 0 Å². The van der Waals surface area contributed by atoms with E-state index in [0.29, 0.717) is 6.61 Å². The third-order valence-electron chi connectivity index (χ3n) is 2.07. The van der Waals surface area contributed by atoms with Crippen molar-refractivity contribution in [3.63, 3.8) is 0 Å². The zero-order valence-electron chi connectivity index (χ0n) is 9.17. The van der Waals surface area contributed by atoms with Crippen LogP contribution in [0.3, 0.4) is 0 Å². The van der Waals surface area contributed by atoms with Crippen LogP contribution < -0.4 is 10.6 Å². The Morgan fingerprint density at radius 2 is 2.53 bits per heavy atom. The second kappa shape index (κ2) is 6.19. The average molecular weight is 211 g/mol. The molecule has 0 radical (unpaired) electrons. The predicted octanol–water partition coefficient (Wildman–Crippen LogP) is -0.303. The highest BCUT2D eigenvalue weighted by Gasteiger charge is 2.12. The van der Waals surface area contributed by atoms with E-state index in [0.717, 1.165) is 24.4 Å². The smallest absolute Gasteiger partial charge is 0.320 e. The van der Waals surface area contributed by atoms with Crippen molar-refractivity contribution in [3.05, 3.63) is 11.6 Å². The topological polar surface area (TPSA) is 62.7 Å². The molecular formula is C10H17N3O2. The number of likely N-dealkylation sites (N-methyl/N-ethyl adjacent to an activating group) is 1. The van der Waals surface area contributed by atoms with Crippen LogP contribution in [0.2, 0.25) is 0 Å². The fraction of sp³-hybridized carbons (Fsp3) is 0.600. The number of ether oxygens (including phenoxy) is 1. The van der Waals surface area contributed by atoms with Gasteiger partial charge < -0.3 is 15.4 Å². The van der Waals surface area contributed by atoms with E-state index in [4.69, 9.17) is 4.74 Å². The van der Waals surface area contributed by atoms with Crippen LogP contribution in [0.25, 0.3) is 0 Å². The van der Waals surface area contributed by atoms with Gasteiger partial charge in [-0.15, -0.1) is 0 Å². The van der Waals surface area contributed by atoms with E-state index in [2.05, 4.69) is 15.6 Å². The summed E-state index contributed by atoms with van der Waals surface area (Å²) in [6.07, 6.45) is 2.99. The summed E-state index contributed by atoms with van der Waals surface area (Å²) >= 11 is 0. The van der Waals surface area contributed by atoms with E-state index in [1.807, 2.05) is 6.08 Å². The van der Waals surface area contributed by atoms with Crippen molar-refractivity contribution in [2.24, 2.45) is 4.99 Å². The molecule has 0 aliphatic carbocycles. The van der Waals surface area contributed by atoms with E-state index in [1.54, 1.807) is 14.1 Å². The first kappa shape index (κ1) is 11.7. The zero-order valence-corrected chi connectivity index (χ0v) is 9.17. The van der Waals surface area contributed by atoms with Gasteiger partial charge in [-0.1, -0.05) is 6.08 Å². The quantitative estimate of drug-likeness (QED) is 0.627. The highest BCUT2D eigenvalue weighted by Crippen LogP contribution is 2.04. The number of amidine groups is 1. The number of rotatable bonds is 4. The minimum absolute atomic E-state index is 0.235. The van der Waals surface area contributed by atoms with Gasteiger partial charge in [-0.25, -0.2) is 0 Å². The van der Waals surface area contributed by atoms with Gasteiger partial charge in [0.15, 0.2) is 0 Å². The molecule has 0 atom stereocenters. The molecule has 0 unspecified atom stereocenters. The highest BCUT2D eigenvalue weighted by atomic mass is 16.5. The van der Waals surface area contributed by atoms with E-state index in [-0.39, 0.29) is 12.5 Å². The van der Waals surface area contributed by atoms with Gasteiger partial charge in [-0.3, -0.25) is 9.79 Å². The summed E-state index contributed by atoms with van der Waals surface area (Å²) in [4.78, 5) is 15.2. The highest BCUT2D eigenvalue weighted by molar-refractivity contribution is 5.99. The van der Waals surface area contributed by atoms with Crippen LogP contribution >= 0.6 is 0 Å². The van der Waals surface area contributed by atoms with Crippen molar-refractivity contribution < 1.29 is 9.53 Å². The van der Waals surface area contributed by atoms with E-state index in [1.165, 1.54) is 0 Å². The Balaban J connectivity index is 2.43. The van der Waals surface area contributed by atoms with Crippen molar-refractivity contribution in [2.45, 2.75) is 6.42 Å². The molecule has 0 aromatic heterocycles. The molecule has 0 fully saturated rings. The summed E-state index contributed by atoms with van der Waals surface area (Å²) in [5, 5.41) is 5.89. The number of nitrogens with one attached hydrogen (secondary N) is 2. The van der Waals surface area contributed by atoms with Crippen LogP contribution in [0.4, 0.5) is 0 Å². The number of aliphatic imine (C=N–C) groups is 1. The first-order valence-electron chi connectivity index (χ1n) is 4.98. The van der Waals surface area contributed by atoms with Gasteiger partial charge in [0.05, 0.1) is 6.54 Å². The fourth-order valence-electron chi connectivity index (χ4n) is 1.35. The Hall–Kier alpha value is -1.36. The minimum Gasteiger partial charge on any atom is -0.460 e. The van der Waals surface area contributed by atoms with Gasteiger partial charge in [0.1, 0.15) is 12.4 Å². The summed E-state index contributed by atoms with van der Waals surface area (Å²) in [5.41, 5.74) is 0.952. The fourth-order valence-corrected chi connectivity index (χ4v) is 1.35. The van der Waals surface area contributed by atoms with Crippen molar-refractivity contribution in [1.29, 1.82) is 0 Å². The second-order valence-electron chi connectivity index (χ2n) is 3.21. The van der Waals surface area contributed by atoms with Crippen molar-refractivity contribution in [1.82, 2.24) is 10.6 Å². The molecule has 5 nitrogen and oxygen atoms in total. The monoisotopic (exact) mass is 211 g/mol. The molecule has 0 saturated heterocycles. The lowest BCUT2D eigenvalue weighted by Gasteiger charge is -2.17. The van der Waals surface area contributed by atoms with Crippen LogP contribution in [0.1, 0.15) is 6.42 Å². The molecule has 0 amide bonds. The summed E-state index contributed by atoms with van der Waals surface area (Å²) in [5.74, 6) is 0.568. The van der Waals surface area contributed by atoms with Crippen LogP contribution in [0.15, 0.2) is 16.6 Å². The van der Waals surface area contributed by atoms with Gasteiger partial charge >= 0.3 is 5.97 Å². The van der Waals surface area contributed by atoms with Gasteiger partial charge in [0.2, 0.25) is 0 Å². The van der Waals surface area contributed by atoms with Gasteiger partial charge in [-0.05, 0) is 13.5 Å². The van der Waals surface area contributed by atoms with Crippen LogP contribution in [0, 0.1) is 0 Å². The lowest BCUT2D eigenvalue weighted by atomic mass is 10.1. The van der Waals surface area contributed by atoms with E-state index >= 15 is 0 Å². The molecule has 1 aliphatic rings.